The maximum atomic E-state index is 14.2. The van der Waals surface area contributed by atoms with Crippen molar-refractivity contribution in [1.82, 2.24) is 25.8 Å². The smallest absolute Gasteiger partial charge is 0.315 e. The van der Waals surface area contributed by atoms with Gasteiger partial charge < -0.3 is 25.8 Å². The molecule has 0 radical (unpaired) electrons. The number of piperidine rings is 1. The fourth-order valence-corrected chi connectivity index (χ4v) is 7.25. The summed E-state index contributed by atoms with van der Waals surface area (Å²) >= 11 is 0. The molecule has 1 aromatic rings. The third kappa shape index (κ3) is 10.3. The first-order valence-electron chi connectivity index (χ1n) is 18.1. The lowest BCUT2D eigenvalue weighted by molar-refractivity contribution is -0.144. The van der Waals surface area contributed by atoms with E-state index in [4.69, 9.17) is 0 Å². The molecule has 0 aromatic heterocycles. The van der Waals surface area contributed by atoms with Crippen molar-refractivity contribution in [3.63, 3.8) is 0 Å². The molecule has 282 valence electrons. The number of nitrogens with one attached hydrogen (secondary N) is 3. The van der Waals surface area contributed by atoms with Crippen LogP contribution in [0.5, 0.6) is 0 Å². The Balaban J connectivity index is 1.73. The van der Waals surface area contributed by atoms with Crippen LogP contribution in [0.4, 0.5) is 4.79 Å². The van der Waals surface area contributed by atoms with E-state index in [0.29, 0.717) is 24.9 Å². The molecule has 2 fully saturated rings. The topological polar surface area (TPSA) is 162 Å². The molecule has 3 rings (SSSR count). The second kappa shape index (κ2) is 16.1. The van der Waals surface area contributed by atoms with Crippen LogP contribution in [0.3, 0.4) is 0 Å². The fraction of sp³-hybridized carbons (Fsp3) is 0.667. The van der Waals surface area contributed by atoms with Gasteiger partial charge in [-0.3, -0.25) is 28.8 Å². The Morgan fingerprint density at radius 3 is 2.06 bits per heavy atom. The minimum atomic E-state index is -0.946. The normalized spacial score (nSPS) is 21.0. The van der Waals surface area contributed by atoms with Crippen LogP contribution >= 0.6 is 0 Å². The number of amides is 5. The Labute approximate surface area is 303 Å². The Bertz CT molecular complexity index is 1490. The predicted octanol–water partition coefficient (Wildman–Crippen LogP) is 4.22. The van der Waals surface area contributed by atoms with E-state index >= 15 is 0 Å². The summed E-state index contributed by atoms with van der Waals surface area (Å²) in [5.41, 5.74) is -0.773. The number of carbonyl (C=O) groups excluding carboxylic acids is 7. The van der Waals surface area contributed by atoms with Gasteiger partial charge in [-0.2, -0.15) is 0 Å². The number of fused-ring (bicyclic) bond motifs is 1. The first-order valence-corrected chi connectivity index (χ1v) is 18.1. The summed E-state index contributed by atoms with van der Waals surface area (Å²) in [5, 5.41) is 8.38. The largest absolute Gasteiger partial charge is 0.347 e. The Morgan fingerprint density at radius 1 is 0.922 bits per heavy atom. The highest BCUT2D eigenvalue weighted by atomic mass is 16.2. The first kappa shape index (κ1) is 41.3. The van der Waals surface area contributed by atoms with Gasteiger partial charge in [0.25, 0.3) is 0 Å². The van der Waals surface area contributed by atoms with Crippen molar-refractivity contribution < 1.29 is 33.6 Å². The summed E-state index contributed by atoms with van der Waals surface area (Å²) in [6.45, 7) is 17.5. The Morgan fingerprint density at radius 2 is 1.53 bits per heavy atom. The molecule has 51 heavy (non-hydrogen) atoms. The summed E-state index contributed by atoms with van der Waals surface area (Å²) < 4.78 is 0. The third-order valence-electron chi connectivity index (χ3n) is 10.1. The fourth-order valence-electron chi connectivity index (χ4n) is 7.25. The maximum absolute atomic E-state index is 14.2. The second-order valence-electron chi connectivity index (χ2n) is 17.1. The first-order chi connectivity index (χ1) is 23.5. The highest BCUT2D eigenvalue weighted by molar-refractivity contribution is 6.38. The highest BCUT2D eigenvalue weighted by Gasteiger charge is 2.69. The zero-order valence-electron chi connectivity index (χ0n) is 32.3. The van der Waals surface area contributed by atoms with Gasteiger partial charge >= 0.3 is 6.03 Å². The lowest BCUT2D eigenvalue weighted by Gasteiger charge is -2.38. The van der Waals surface area contributed by atoms with Gasteiger partial charge in [-0.1, -0.05) is 78.3 Å². The molecule has 3 N–H and O–H groups in total. The van der Waals surface area contributed by atoms with E-state index in [9.17, 15) is 33.6 Å². The molecule has 1 saturated carbocycles. The maximum Gasteiger partial charge on any atom is 0.315 e. The van der Waals surface area contributed by atoms with Crippen LogP contribution in [-0.2, 0) is 28.8 Å². The molecule has 0 bridgehead atoms. The molecule has 5 amide bonds. The van der Waals surface area contributed by atoms with Crippen molar-refractivity contribution in [1.29, 1.82) is 0 Å². The molecule has 6 atom stereocenters. The quantitative estimate of drug-likeness (QED) is 0.230. The second-order valence-corrected chi connectivity index (χ2v) is 17.1. The van der Waals surface area contributed by atoms with Gasteiger partial charge in [0.05, 0.1) is 6.04 Å². The Hall–Kier alpha value is -4.09. The van der Waals surface area contributed by atoms with Gasteiger partial charge in [0.2, 0.25) is 23.5 Å². The van der Waals surface area contributed by atoms with E-state index in [1.807, 2.05) is 48.5 Å². The number of hydrogen-bond donors (Lipinski definition) is 3. The van der Waals surface area contributed by atoms with Crippen molar-refractivity contribution in [3.8, 4) is 0 Å². The molecule has 0 spiro atoms. The molecule has 1 aliphatic carbocycles. The molecule has 12 heteroatoms. The molecule has 1 aliphatic heterocycles. The monoisotopic (exact) mass is 709 g/mol. The highest BCUT2D eigenvalue weighted by Crippen LogP contribution is 2.65. The minimum Gasteiger partial charge on any atom is -0.347 e. The lowest BCUT2D eigenvalue weighted by Crippen LogP contribution is -2.60. The van der Waals surface area contributed by atoms with Gasteiger partial charge in [-0.15, -0.1) is 0 Å². The summed E-state index contributed by atoms with van der Waals surface area (Å²) in [5.74, 6) is -3.88. The summed E-state index contributed by atoms with van der Waals surface area (Å²) in [4.78, 5) is 96.6. The van der Waals surface area contributed by atoms with E-state index in [-0.39, 0.29) is 54.1 Å². The number of urea groups is 1. The van der Waals surface area contributed by atoms with Crippen molar-refractivity contribution in [2.45, 2.75) is 118 Å². The zero-order valence-corrected chi connectivity index (χ0v) is 32.3. The van der Waals surface area contributed by atoms with E-state index in [0.717, 1.165) is 0 Å². The van der Waals surface area contributed by atoms with Gasteiger partial charge in [0, 0.05) is 51.4 Å². The van der Waals surface area contributed by atoms with Gasteiger partial charge in [0.1, 0.15) is 12.1 Å². The lowest BCUT2D eigenvalue weighted by atomic mass is 9.83. The van der Waals surface area contributed by atoms with Crippen LogP contribution < -0.4 is 16.0 Å². The number of Topliss-reactive ketones (excluding diaryl/α,β-unsaturated/α-hetero) is 3. The number of ketones is 3. The predicted molar refractivity (Wildman–Crippen MR) is 194 cm³/mol. The van der Waals surface area contributed by atoms with Crippen molar-refractivity contribution in [3.05, 3.63) is 35.9 Å². The van der Waals surface area contributed by atoms with Gasteiger partial charge in [0.15, 0.2) is 11.6 Å². The number of carbonyl (C=O) groups is 7. The summed E-state index contributed by atoms with van der Waals surface area (Å²) in [7, 11) is 3.17. The number of rotatable bonds is 15. The molecular weight excluding hydrogens is 650 g/mol. The number of nitrogens with zero attached hydrogens (tertiary/aromatic N) is 2. The minimum absolute atomic E-state index is 0.0963. The molecule has 12 nitrogen and oxygen atoms in total. The molecule has 1 unspecified atom stereocenters. The van der Waals surface area contributed by atoms with Crippen molar-refractivity contribution >= 4 is 41.1 Å². The van der Waals surface area contributed by atoms with Crippen LogP contribution in [0.15, 0.2) is 30.3 Å². The van der Waals surface area contributed by atoms with E-state index < -0.39 is 58.5 Å². The standard InChI is InChI=1S/C39H59N5O7/c1-12-16-24(32(48)26(45)19-20-28(47)40-30(34(49)43(10)11)23-17-14-13-15-18-23)21-27(46)31-29-25(39(29,8)9)22-44(31)35(50)33(37(2,3)4)41-36(51)42-38(5,6)7/h13-15,17-18,24-25,29-31,33H,12,16,19-22H2,1-11H3,(H,40,47)(H2,41,42,51)/t24?,25-,29-,30-,31+,33+/m0/s1. The number of likely N-dealkylation sites (tertiary alicyclic amines) is 1. The number of benzene rings is 1. The molecule has 2 aliphatic rings. The van der Waals surface area contributed by atoms with Crippen molar-refractivity contribution in [2.24, 2.45) is 28.6 Å². The van der Waals surface area contributed by atoms with E-state index in [2.05, 4.69) is 29.8 Å². The van der Waals surface area contributed by atoms with Crippen LogP contribution in [0.25, 0.3) is 0 Å². The molecule has 1 heterocycles. The van der Waals surface area contributed by atoms with Crippen LogP contribution in [0.1, 0.15) is 106 Å². The number of hydrogen-bond acceptors (Lipinski definition) is 7. The zero-order chi connectivity index (χ0) is 38.6. The Kier molecular flexibility index (Phi) is 13.0. The molecule has 1 saturated heterocycles. The van der Waals surface area contributed by atoms with Gasteiger partial charge in [-0.25, -0.2) is 4.79 Å². The van der Waals surface area contributed by atoms with Crippen molar-refractivity contribution in [2.75, 3.05) is 20.6 Å². The van der Waals surface area contributed by atoms with Crippen LogP contribution in [0.2, 0.25) is 0 Å². The van der Waals surface area contributed by atoms with Crippen LogP contribution in [-0.4, -0.2) is 89.2 Å². The SMILES string of the molecule is CCCC(CC(=O)[C@@H]1[C@@H]2[C@H](CN1C(=O)[C@@H](NC(=O)NC(C)(C)C)C(C)(C)C)C2(C)C)C(=O)C(=O)CCC(=O)N[C@H](C(=O)N(C)C)c1ccccc1. The number of likely N-dealkylation sites (N-methyl/N-ethyl adjacent to an activating group) is 1. The molecular formula is C39H59N5O7. The summed E-state index contributed by atoms with van der Waals surface area (Å²) in [6.07, 6.45) is -0.0178. The van der Waals surface area contributed by atoms with E-state index in [1.54, 1.807) is 49.3 Å². The third-order valence-corrected chi connectivity index (χ3v) is 10.1. The summed E-state index contributed by atoms with van der Waals surface area (Å²) in [6, 6.07) is 5.63. The average molecular weight is 710 g/mol. The van der Waals surface area contributed by atoms with E-state index in [1.165, 1.54) is 4.90 Å². The van der Waals surface area contributed by atoms with Crippen LogP contribution in [0, 0.1) is 28.6 Å². The van der Waals surface area contributed by atoms with Gasteiger partial charge in [-0.05, 0) is 55.4 Å². The average Bonchev–Trinajstić information content (AvgIpc) is 3.33. The molecule has 1 aromatic carbocycles.